The molecule has 3 rings (SSSR count). The normalized spacial score (nSPS) is 13.8. The second-order valence-electron chi connectivity index (χ2n) is 8.96. The molecule has 0 fully saturated rings. The van der Waals surface area contributed by atoms with Crippen molar-refractivity contribution in [3.63, 3.8) is 0 Å². The van der Waals surface area contributed by atoms with E-state index in [0.717, 1.165) is 49.6 Å². The Morgan fingerprint density at radius 3 is 2.56 bits per heavy atom. The Kier molecular flexibility index (Phi) is 11.4. The monoisotopic (exact) mass is 487 g/mol. The van der Waals surface area contributed by atoms with Gasteiger partial charge >= 0.3 is 0 Å². The molecule has 194 valence electrons. The third-order valence-electron chi connectivity index (χ3n) is 6.40. The molecular weight excluding hydrogens is 442 g/mol. The van der Waals surface area contributed by atoms with Gasteiger partial charge in [0, 0.05) is 43.2 Å². The molecule has 0 aliphatic carbocycles. The number of ether oxygens (including phenoxy) is 1. The molecule has 4 heteroatoms. The van der Waals surface area contributed by atoms with Crippen molar-refractivity contribution in [2.75, 3.05) is 19.5 Å². The first-order valence-corrected chi connectivity index (χ1v) is 13.0. The van der Waals surface area contributed by atoms with Crippen LogP contribution in [0.4, 0.5) is 5.69 Å². The number of hydrogen-bond acceptors (Lipinski definition) is 4. The number of fused-ring (bicyclic) bond motifs is 1. The third-order valence-corrected chi connectivity index (χ3v) is 6.40. The third kappa shape index (κ3) is 7.07. The van der Waals surface area contributed by atoms with Gasteiger partial charge in [0.2, 0.25) is 0 Å². The zero-order valence-corrected chi connectivity index (χ0v) is 23.2. The second kappa shape index (κ2) is 14.2. The fraction of sp³-hybridized carbons (Fsp3) is 0.375. The number of rotatable bonds is 12. The number of anilines is 1. The molecule has 1 heterocycles. The van der Waals surface area contributed by atoms with Crippen LogP contribution in [0.25, 0.3) is 5.70 Å². The van der Waals surface area contributed by atoms with Gasteiger partial charge in [-0.25, -0.2) is 0 Å². The molecule has 1 aliphatic rings. The number of methoxy groups -OCH3 is 1. The van der Waals surface area contributed by atoms with Gasteiger partial charge in [0.1, 0.15) is 5.75 Å². The average Bonchev–Trinajstić information content (AvgIpc) is 3.24. The van der Waals surface area contributed by atoms with Gasteiger partial charge in [-0.15, -0.1) is 6.58 Å². The predicted octanol–water partition coefficient (Wildman–Crippen LogP) is 8.21. The first-order valence-electron chi connectivity index (χ1n) is 13.0. The smallest absolute Gasteiger partial charge is 0.120 e. The van der Waals surface area contributed by atoms with Crippen molar-refractivity contribution in [3.8, 4) is 5.75 Å². The van der Waals surface area contributed by atoms with E-state index in [1.54, 1.807) is 7.11 Å². The molecule has 0 aromatic heterocycles. The second-order valence-corrected chi connectivity index (χ2v) is 8.96. The van der Waals surface area contributed by atoms with Gasteiger partial charge in [0.25, 0.3) is 0 Å². The minimum Gasteiger partial charge on any atom is -0.497 e. The summed E-state index contributed by atoms with van der Waals surface area (Å²) in [6, 6.07) is 14.9. The fourth-order valence-corrected chi connectivity index (χ4v) is 4.58. The summed E-state index contributed by atoms with van der Waals surface area (Å²) in [5.74, 6) is 1.66. The summed E-state index contributed by atoms with van der Waals surface area (Å²) in [6.07, 6.45) is 7.37. The lowest BCUT2D eigenvalue weighted by atomic mass is 10.0. The van der Waals surface area contributed by atoms with Crippen molar-refractivity contribution in [2.45, 2.75) is 66.1 Å². The quantitative estimate of drug-likeness (QED) is 0.305. The first kappa shape index (κ1) is 28.8. The largest absolute Gasteiger partial charge is 0.497 e. The summed E-state index contributed by atoms with van der Waals surface area (Å²) in [6.45, 7) is 22.5. The van der Waals surface area contributed by atoms with E-state index < -0.39 is 0 Å². The maximum absolute atomic E-state index is 5.34. The Balaban J connectivity index is 0.00000222. The minimum atomic E-state index is 0.304. The van der Waals surface area contributed by atoms with E-state index in [4.69, 9.17) is 4.74 Å². The van der Waals surface area contributed by atoms with Gasteiger partial charge in [-0.2, -0.15) is 0 Å². The lowest BCUT2D eigenvalue weighted by molar-refractivity contribution is 0.318. The fourth-order valence-electron chi connectivity index (χ4n) is 4.58. The van der Waals surface area contributed by atoms with Crippen LogP contribution >= 0.6 is 0 Å². The molecule has 1 N–H and O–H groups in total. The molecule has 0 amide bonds. The Hall–Kier alpha value is -3.40. The molecule has 4 nitrogen and oxygen atoms in total. The SMILES string of the molecule is C=CCCC(C(=C)C)N1Cc2c(CN(C)C(=C)Nc3cccc(OC)c3)cccc2C1=CCC.CC. The number of benzene rings is 2. The van der Waals surface area contributed by atoms with E-state index in [1.165, 1.54) is 28.0 Å². The Bertz CT molecular complexity index is 1070. The van der Waals surface area contributed by atoms with E-state index >= 15 is 0 Å². The van der Waals surface area contributed by atoms with Crippen LogP contribution in [0.3, 0.4) is 0 Å². The average molecular weight is 488 g/mol. The molecule has 0 radical (unpaired) electrons. The van der Waals surface area contributed by atoms with Crippen molar-refractivity contribution in [2.24, 2.45) is 0 Å². The first-order chi connectivity index (χ1) is 17.4. The molecule has 36 heavy (non-hydrogen) atoms. The van der Waals surface area contributed by atoms with Crippen LogP contribution in [-0.4, -0.2) is 30.0 Å². The number of hydrogen-bond donors (Lipinski definition) is 1. The van der Waals surface area contributed by atoms with E-state index in [9.17, 15) is 0 Å². The molecule has 1 unspecified atom stereocenters. The standard InChI is InChI=1S/C30H39N3O.C2H6/c1-8-10-18-29(22(3)4)33-21-28-24(14-11-17-27(28)30(33)13-9-2)20-32(6)23(5)31-25-15-12-16-26(19-25)34-7;1-2/h8,11-17,19,29,31H,1,3,5,9-10,18,20-21H2,2,4,6-7H3;1-2H3. The highest BCUT2D eigenvalue weighted by molar-refractivity contribution is 5.72. The van der Waals surface area contributed by atoms with Gasteiger partial charge in [-0.05, 0) is 49.4 Å². The number of nitrogens with zero attached hydrogens (tertiary/aromatic N) is 2. The van der Waals surface area contributed by atoms with Crippen LogP contribution in [0.2, 0.25) is 0 Å². The topological polar surface area (TPSA) is 27.7 Å². The lowest BCUT2D eigenvalue weighted by Crippen LogP contribution is -2.31. The van der Waals surface area contributed by atoms with Crippen molar-refractivity contribution in [1.82, 2.24) is 9.80 Å². The Labute approximate surface area is 219 Å². The van der Waals surface area contributed by atoms with E-state index in [0.29, 0.717) is 6.04 Å². The minimum absolute atomic E-state index is 0.304. The van der Waals surface area contributed by atoms with E-state index in [1.807, 2.05) is 44.2 Å². The van der Waals surface area contributed by atoms with Gasteiger partial charge in [0.05, 0.1) is 19.0 Å². The highest BCUT2D eigenvalue weighted by Crippen LogP contribution is 2.39. The molecule has 0 saturated heterocycles. The van der Waals surface area contributed by atoms with Crippen LogP contribution in [0.5, 0.6) is 5.75 Å². The predicted molar refractivity (Wildman–Crippen MR) is 157 cm³/mol. The zero-order chi connectivity index (χ0) is 26.7. The summed E-state index contributed by atoms with van der Waals surface area (Å²) < 4.78 is 5.34. The van der Waals surface area contributed by atoms with Crippen LogP contribution in [0.1, 0.15) is 63.6 Å². The molecule has 0 bridgehead atoms. The van der Waals surface area contributed by atoms with E-state index in [-0.39, 0.29) is 0 Å². The maximum Gasteiger partial charge on any atom is 0.120 e. The molecule has 2 aromatic rings. The lowest BCUT2D eigenvalue weighted by Gasteiger charge is -2.31. The summed E-state index contributed by atoms with van der Waals surface area (Å²) >= 11 is 0. The van der Waals surface area contributed by atoms with Gasteiger partial charge in [-0.1, -0.05) is 75.9 Å². The maximum atomic E-state index is 5.34. The van der Waals surface area contributed by atoms with Gasteiger partial charge in [0.15, 0.2) is 0 Å². The van der Waals surface area contributed by atoms with Crippen LogP contribution in [-0.2, 0) is 13.1 Å². The number of nitrogens with one attached hydrogen (secondary N) is 1. The number of allylic oxidation sites excluding steroid dienone is 2. The molecule has 0 saturated carbocycles. The highest BCUT2D eigenvalue weighted by atomic mass is 16.5. The molecule has 0 spiro atoms. The van der Waals surface area contributed by atoms with Gasteiger partial charge < -0.3 is 19.9 Å². The summed E-state index contributed by atoms with van der Waals surface area (Å²) in [5.41, 5.74) is 7.54. The van der Waals surface area contributed by atoms with Crippen LogP contribution in [0, 0.1) is 0 Å². The summed E-state index contributed by atoms with van der Waals surface area (Å²) in [5, 5.41) is 3.41. The van der Waals surface area contributed by atoms with Crippen LogP contribution < -0.4 is 10.1 Å². The van der Waals surface area contributed by atoms with Gasteiger partial charge in [-0.3, -0.25) is 0 Å². The Morgan fingerprint density at radius 1 is 1.19 bits per heavy atom. The zero-order valence-electron chi connectivity index (χ0n) is 23.2. The summed E-state index contributed by atoms with van der Waals surface area (Å²) in [7, 11) is 3.75. The molecule has 1 aliphatic heterocycles. The molecular formula is C32H45N3O. The Morgan fingerprint density at radius 2 is 1.92 bits per heavy atom. The van der Waals surface area contributed by atoms with Crippen LogP contribution in [0.15, 0.2) is 85.7 Å². The van der Waals surface area contributed by atoms with E-state index in [2.05, 4.69) is 80.0 Å². The van der Waals surface area contributed by atoms with Crippen molar-refractivity contribution >= 4 is 11.4 Å². The summed E-state index contributed by atoms with van der Waals surface area (Å²) in [4.78, 5) is 4.70. The van der Waals surface area contributed by atoms with Crippen molar-refractivity contribution < 1.29 is 4.74 Å². The molecule has 2 aromatic carbocycles. The van der Waals surface area contributed by atoms with Crippen molar-refractivity contribution in [3.05, 3.63) is 102 Å². The highest BCUT2D eigenvalue weighted by Gasteiger charge is 2.31. The van der Waals surface area contributed by atoms with Crippen molar-refractivity contribution in [1.29, 1.82) is 0 Å². The molecule has 1 atom stereocenters.